The highest BCUT2D eigenvalue weighted by Gasteiger charge is 2.28. The predicted octanol–water partition coefficient (Wildman–Crippen LogP) is 4.91. The molecule has 1 nitrogen and oxygen atoms in total. The van der Waals surface area contributed by atoms with Crippen LogP contribution in [0.2, 0.25) is 0 Å². The maximum Gasteiger partial charge on any atom is -0.00209 e. The Hall–Kier alpha value is -0.820. The Bertz CT molecular complexity index is 439. The molecular formula is C20H31N. The molecule has 0 bridgehead atoms. The van der Waals surface area contributed by atoms with Crippen LogP contribution in [-0.4, -0.2) is 13.6 Å². The highest BCUT2D eigenvalue weighted by molar-refractivity contribution is 5.32. The van der Waals surface area contributed by atoms with Crippen LogP contribution in [0.4, 0.5) is 0 Å². The van der Waals surface area contributed by atoms with Gasteiger partial charge in [0.1, 0.15) is 0 Å². The van der Waals surface area contributed by atoms with Crippen LogP contribution in [0.15, 0.2) is 24.3 Å². The van der Waals surface area contributed by atoms with Gasteiger partial charge in [-0.25, -0.2) is 0 Å². The van der Waals surface area contributed by atoms with Gasteiger partial charge in [0, 0.05) is 0 Å². The first-order chi connectivity index (χ1) is 10.4. The van der Waals surface area contributed by atoms with Crippen molar-refractivity contribution in [1.82, 2.24) is 5.32 Å². The highest BCUT2D eigenvalue weighted by Crippen LogP contribution is 2.41. The molecule has 1 N–H and O–H groups in total. The van der Waals surface area contributed by atoms with Crippen molar-refractivity contribution in [2.75, 3.05) is 13.6 Å². The molecule has 0 aliphatic heterocycles. The quantitative estimate of drug-likeness (QED) is 0.775. The third-order valence-corrected chi connectivity index (χ3v) is 5.86. The molecule has 0 amide bonds. The summed E-state index contributed by atoms with van der Waals surface area (Å²) in [6.45, 7) is 1.22. The molecule has 1 aromatic rings. The van der Waals surface area contributed by atoms with Crippen LogP contribution >= 0.6 is 0 Å². The third-order valence-electron chi connectivity index (χ3n) is 5.86. The molecule has 0 radical (unpaired) electrons. The van der Waals surface area contributed by atoms with E-state index in [9.17, 15) is 0 Å². The van der Waals surface area contributed by atoms with Crippen LogP contribution < -0.4 is 5.32 Å². The average Bonchev–Trinajstić information content (AvgIpc) is 2.74. The van der Waals surface area contributed by atoms with Crippen LogP contribution in [0.3, 0.4) is 0 Å². The van der Waals surface area contributed by atoms with E-state index in [0.717, 1.165) is 17.8 Å². The fourth-order valence-corrected chi connectivity index (χ4v) is 4.77. The zero-order valence-corrected chi connectivity index (χ0v) is 13.6. The predicted molar refractivity (Wildman–Crippen MR) is 90.7 cm³/mol. The van der Waals surface area contributed by atoms with E-state index in [4.69, 9.17) is 0 Å². The van der Waals surface area contributed by atoms with Gasteiger partial charge in [-0.3, -0.25) is 0 Å². The highest BCUT2D eigenvalue weighted by atomic mass is 14.8. The fraction of sp³-hybridized carbons (Fsp3) is 0.700. The summed E-state index contributed by atoms with van der Waals surface area (Å²) in [4.78, 5) is 0. The van der Waals surface area contributed by atoms with Crippen molar-refractivity contribution in [3.63, 3.8) is 0 Å². The second-order valence-electron chi connectivity index (χ2n) is 7.24. The van der Waals surface area contributed by atoms with Crippen LogP contribution in [0.25, 0.3) is 0 Å². The minimum Gasteiger partial charge on any atom is -0.319 e. The lowest BCUT2D eigenvalue weighted by atomic mass is 9.74. The Morgan fingerprint density at radius 2 is 1.76 bits per heavy atom. The maximum absolute atomic E-state index is 3.45. The average molecular weight is 285 g/mol. The Morgan fingerprint density at radius 1 is 0.952 bits per heavy atom. The van der Waals surface area contributed by atoms with E-state index in [1.807, 2.05) is 0 Å². The van der Waals surface area contributed by atoms with E-state index in [1.165, 1.54) is 64.3 Å². The van der Waals surface area contributed by atoms with Crippen molar-refractivity contribution in [3.05, 3.63) is 35.4 Å². The molecule has 21 heavy (non-hydrogen) atoms. The second kappa shape index (κ2) is 7.45. The number of rotatable bonds is 4. The molecule has 1 fully saturated rings. The summed E-state index contributed by atoms with van der Waals surface area (Å²) in [7, 11) is 2.12. The normalized spacial score (nSPS) is 29.7. The van der Waals surface area contributed by atoms with E-state index in [0.29, 0.717) is 0 Å². The zero-order chi connectivity index (χ0) is 14.5. The molecule has 116 valence electrons. The summed E-state index contributed by atoms with van der Waals surface area (Å²) in [6.07, 6.45) is 12.8. The van der Waals surface area contributed by atoms with Crippen molar-refractivity contribution in [3.8, 4) is 0 Å². The first kappa shape index (κ1) is 15.1. The lowest BCUT2D eigenvalue weighted by Gasteiger charge is -2.32. The summed E-state index contributed by atoms with van der Waals surface area (Å²) >= 11 is 0. The van der Waals surface area contributed by atoms with Crippen LogP contribution in [0, 0.1) is 11.8 Å². The van der Waals surface area contributed by atoms with Gasteiger partial charge in [0.15, 0.2) is 0 Å². The smallest absolute Gasteiger partial charge is 0.00209 e. The van der Waals surface area contributed by atoms with E-state index < -0.39 is 0 Å². The van der Waals surface area contributed by atoms with Gasteiger partial charge in [-0.05, 0) is 74.6 Å². The summed E-state index contributed by atoms with van der Waals surface area (Å²) < 4.78 is 0. The largest absolute Gasteiger partial charge is 0.319 e. The molecule has 3 atom stereocenters. The van der Waals surface area contributed by atoms with Crippen molar-refractivity contribution >= 4 is 0 Å². The first-order valence-electron chi connectivity index (χ1n) is 9.11. The van der Waals surface area contributed by atoms with Gasteiger partial charge in [0.05, 0.1) is 0 Å². The van der Waals surface area contributed by atoms with Gasteiger partial charge in [-0.1, -0.05) is 49.9 Å². The van der Waals surface area contributed by atoms with Gasteiger partial charge < -0.3 is 5.32 Å². The molecule has 0 spiro atoms. The SMILES string of the molecule is CNCC1CCCCCC1CC1CCCc2ccccc21. The lowest BCUT2D eigenvalue weighted by molar-refractivity contribution is 0.263. The monoisotopic (exact) mass is 285 g/mol. The van der Waals surface area contributed by atoms with Gasteiger partial charge in [-0.15, -0.1) is 0 Å². The standard InChI is InChI=1S/C20H31N/c1-21-15-19-10-4-2-3-9-17(19)14-18-12-7-11-16-8-5-6-13-20(16)18/h5-6,8,13,17-19,21H,2-4,7,9-12,14-15H2,1H3. The summed E-state index contributed by atoms with van der Waals surface area (Å²) in [5, 5.41) is 3.45. The number of nitrogens with one attached hydrogen (secondary N) is 1. The van der Waals surface area contributed by atoms with E-state index in [-0.39, 0.29) is 0 Å². The molecule has 3 rings (SSSR count). The van der Waals surface area contributed by atoms with Crippen molar-refractivity contribution < 1.29 is 0 Å². The molecular weight excluding hydrogens is 254 g/mol. The summed E-state index contributed by atoms with van der Waals surface area (Å²) in [5.41, 5.74) is 3.31. The molecule has 1 aromatic carbocycles. The van der Waals surface area contributed by atoms with Crippen molar-refractivity contribution in [2.45, 2.75) is 63.7 Å². The third kappa shape index (κ3) is 3.69. The van der Waals surface area contributed by atoms with Gasteiger partial charge in [0.2, 0.25) is 0 Å². The number of hydrogen-bond donors (Lipinski definition) is 1. The Kier molecular flexibility index (Phi) is 5.35. The molecule has 0 aromatic heterocycles. The minimum absolute atomic E-state index is 0.831. The first-order valence-corrected chi connectivity index (χ1v) is 9.11. The lowest BCUT2D eigenvalue weighted by Crippen LogP contribution is -2.27. The zero-order valence-electron chi connectivity index (χ0n) is 13.6. The molecule has 2 aliphatic carbocycles. The van der Waals surface area contributed by atoms with Crippen molar-refractivity contribution in [1.29, 1.82) is 0 Å². The van der Waals surface area contributed by atoms with E-state index in [2.05, 4.69) is 36.6 Å². The van der Waals surface area contributed by atoms with E-state index >= 15 is 0 Å². The number of hydrogen-bond acceptors (Lipinski definition) is 1. The molecule has 0 heterocycles. The van der Waals surface area contributed by atoms with Crippen LogP contribution in [0.1, 0.15) is 68.4 Å². The topological polar surface area (TPSA) is 12.0 Å². The Morgan fingerprint density at radius 3 is 2.62 bits per heavy atom. The Balaban J connectivity index is 1.72. The second-order valence-corrected chi connectivity index (χ2v) is 7.24. The maximum atomic E-state index is 3.45. The Labute approximate surface area is 130 Å². The van der Waals surface area contributed by atoms with Gasteiger partial charge in [-0.2, -0.15) is 0 Å². The fourth-order valence-electron chi connectivity index (χ4n) is 4.77. The van der Waals surface area contributed by atoms with Crippen LogP contribution in [0.5, 0.6) is 0 Å². The van der Waals surface area contributed by atoms with Gasteiger partial charge >= 0.3 is 0 Å². The number of fused-ring (bicyclic) bond motifs is 1. The molecule has 1 saturated carbocycles. The van der Waals surface area contributed by atoms with E-state index in [1.54, 1.807) is 11.1 Å². The van der Waals surface area contributed by atoms with Gasteiger partial charge in [0.25, 0.3) is 0 Å². The molecule has 0 saturated heterocycles. The summed E-state index contributed by atoms with van der Waals surface area (Å²) in [6, 6.07) is 9.23. The summed E-state index contributed by atoms with van der Waals surface area (Å²) in [5.74, 6) is 2.68. The molecule has 3 unspecified atom stereocenters. The number of aryl methyl sites for hydroxylation is 1. The number of benzene rings is 1. The molecule has 2 aliphatic rings. The van der Waals surface area contributed by atoms with Crippen molar-refractivity contribution in [2.24, 2.45) is 11.8 Å². The van der Waals surface area contributed by atoms with Crippen LogP contribution in [-0.2, 0) is 6.42 Å². The molecule has 1 heteroatoms. The minimum atomic E-state index is 0.831.